The predicted molar refractivity (Wildman–Crippen MR) is 192 cm³/mol. The summed E-state index contributed by atoms with van der Waals surface area (Å²) in [7, 11) is 0. The number of rotatable bonds is 8. The molecule has 6 atom stereocenters. The number of carboxylic acids is 2. The third-order valence-corrected chi connectivity index (χ3v) is 10.7. The van der Waals surface area contributed by atoms with Crippen molar-refractivity contribution in [3.8, 4) is 0 Å². The SMILES string of the molecule is O=C(Nc1ccc(Cl)c(Cl)c1)[C@@H]1[C@@H](C(=O)O)N2[C@@H](c3ccc(Cl)cc3)[C@H](C(=O)O)[C@H](C(=O)Nc3ccc(Cl)c(Cl)c3)N2[C@@H]1c1ccc(Cl)cc1. The molecule has 50 heavy (non-hydrogen) atoms. The molecule has 2 aliphatic heterocycles. The highest BCUT2D eigenvalue weighted by Crippen LogP contribution is 2.55. The van der Waals surface area contributed by atoms with Gasteiger partial charge in [0.15, 0.2) is 0 Å². The Balaban J connectivity index is 1.56. The summed E-state index contributed by atoms with van der Waals surface area (Å²) in [4.78, 5) is 55.4. The topological polar surface area (TPSA) is 139 Å². The molecule has 4 N–H and O–H groups in total. The number of carbonyl (C=O) groups is 4. The van der Waals surface area contributed by atoms with Crippen molar-refractivity contribution in [3.05, 3.63) is 126 Å². The van der Waals surface area contributed by atoms with Crippen molar-refractivity contribution >= 4 is 105 Å². The van der Waals surface area contributed by atoms with Crippen molar-refractivity contribution in [2.75, 3.05) is 10.6 Å². The number of hydrazine groups is 1. The van der Waals surface area contributed by atoms with Crippen LogP contribution in [0.4, 0.5) is 11.4 Å². The molecule has 0 saturated carbocycles. The van der Waals surface area contributed by atoms with Gasteiger partial charge in [0.1, 0.15) is 18.0 Å². The third kappa shape index (κ3) is 6.87. The number of hydrogen-bond acceptors (Lipinski definition) is 6. The van der Waals surface area contributed by atoms with E-state index in [1.165, 1.54) is 58.5 Å². The summed E-state index contributed by atoms with van der Waals surface area (Å²) in [5, 5.41) is 31.3. The van der Waals surface area contributed by atoms with E-state index in [4.69, 9.17) is 69.6 Å². The lowest BCUT2D eigenvalue weighted by molar-refractivity contribution is -0.151. The van der Waals surface area contributed by atoms with E-state index in [9.17, 15) is 29.4 Å². The van der Waals surface area contributed by atoms with Crippen molar-refractivity contribution in [1.29, 1.82) is 0 Å². The van der Waals surface area contributed by atoms with Gasteiger partial charge in [-0.2, -0.15) is 0 Å². The first-order chi connectivity index (χ1) is 23.8. The summed E-state index contributed by atoms with van der Waals surface area (Å²) < 4.78 is 0. The van der Waals surface area contributed by atoms with Crippen molar-refractivity contribution < 1.29 is 29.4 Å². The first-order valence-corrected chi connectivity index (χ1v) is 17.1. The Hall–Kier alpha value is -3.58. The van der Waals surface area contributed by atoms with Gasteiger partial charge < -0.3 is 20.8 Å². The standard InChI is InChI=1S/C34H24Cl6N4O6/c35-17-5-1-15(2-6-17)27-25(31(45)41-19-9-11-21(37)23(39)13-19)30(34(49)50)44-28(16-3-7-18(36)8-4-16)26(33(47)48)29(43(27)44)32(46)42-20-10-12-22(38)24(40)14-20/h1-14,25-30H,(H,41,45)(H,42,46)(H,47,48)(H,49,50)/t25-,26-,27+,28-,29+,30-/m0/s1. The Morgan fingerprint density at radius 2 is 0.920 bits per heavy atom. The lowest BCUT2D eigenvalue weighted by Gasteiger charge is -2.33. The summed E-state index contributed by atoms with van der Waals surface area (Å²) in [6.07, 6.45) is 0. The summed E-state index contributed by atoms with van der Waals surface area (Å²) >= 11 is 37.0. The Morgan fingerprint density at radius 1 is 0.500 bits per heavy atom. The van der Waals surface area contributed by atoms with Crippen LogP contribution in [0, 0.1) is 11.8 Å². The zero-order valence-corrected chi connectivity index (χ0v) is 29.8. The second kappa shape index (κ2) is 14.6. The maximum atomic E-state index is 14.4. The van der Waals surface area contributed by atoms with Crippen LogP contribution >= 0.6 is 69.6 Å². The van der Waals surface area contributed by atoms with Crippen LogP contribution in [0.25, 0.3) is 0 Å². The van der Waals surface area contributed by atoms with Gasteiger partial charge in [-0.1, -0.05) is 93.9 Å². The first-order valence-electron chi connectivity index (χ1n) is 14.8. The molecule has 0 bridgehead atoms. The largest absolute Gasteiger partial charge is 0.481 e. The molecule has 10 nitrogen and oxygen atoms in total. The number of carbonyl (C=O) groups excluding carboxylic acids is 2. The number of hydrogen-bond donors (Lipinski definition) is 4. The van der Waals surface area contributed by atoms with E-state index in [2.05, 4.69) is 10.6 Å². The molecule has 4 aromatic rings. The van der Waals surface area contributed by atoms with E-state index >= 15 is 0 Å². The van der Waals surface area contributed by atoms with Gasteiger partial charge in [-0.05, 0) is 71.8 Å². The molecular formula is C34H24Cl6N4O6. The van der Waals surface area contributed by atoms with Gasteiger partial charge >= 0.3 is 11.9 Å². The first kappa shape index (κ1) is 36.2. The highest BCUT2D eigenvalue weighted by Gasteiger charge is 2.67. The normalized spacial score (nSPS) is 23.3. The summed E-state index contributed by atoms with van der Waals surface area (Å²) in [5.41, 5.74) is 1.19. The van der Waals surface area contributed by atoms with Crippen molar-refractivity contribution in [3.63, 3.8) is 0 Å². The molecule has 0 spiro atoms. The van der Waals surface area contributed by atoms with Crippen LogP contribution in [-0.2, 0) is 19.2 Å². The molecule has 6 rings (SSSR count). The van der Waals surface area contributed by atoms with Gasteiger partial charge in [0.2, 0.25) is 11.8 Å². The molecule has 16 heteroatoms. The van der Waals surface area contributed by atoms with E-state index in [1.54, 1.807) is 36.4 Å². The van der Waals surface area contributed by atoms with Gasteiger partial charge in [-0.15, -0.1) is 0 Å². The molecular weight excluding hydrogens is 773 g/mol. The van der Waals surface area contributed by atoms with E-state index in [1.807, 2.05) is 0 Å². The maximum absolute atomic E-state index is 14.4. The molecule has 4 aromatic carbocycles. The minimum Gasteiger partial charge on any atom is -0.481 e. The van der Waals surface area contributed by atoms with Crippen molar-refractivity contribution in [2.24, 2.45) is 11.8 Å². The lowest BCUT2D eigenvalue weighted by Crippen LogP contribution is -2.48. The fourth-order valence-electron chi connectivity index (χ4n) is 6.66. The number of aliphatic carboxylic acids is 2. The minimum atomic E-state index is -1.68. The maximum Gasteiger partial charge on any atom is 0.323 e. The van der Waals surface area contributed by atoms with Crippen LogP contribution in [0.15, 0.2) is 84.9 Å². The van der Waals surface area contributed by atoms with Crippen LogP contribution in [-0.4, -0.2) is 56.1 Å². The number of nitrogens with zero attached hydrogens (tertiary/aromatic N) is 2. The van der Waals surface area contributed by atoms with Crippen LogP contribution in [0.5, 0.6) is 0 Å². The van der Waals surface area contributed by atoms with Crippen LogP contribution in [0.2, 0.25) is 30.1 Å². The van der Waals surface area contributed by atoms with E-state index < -0.39 is 59.8 Å². The molecule has 0 aromatic heterocycles. The van der Waals surface area contributed by atoms with Crippen molar-refractivity contribution in [1.82, 2.24) is 10.0 Å². The molecule has 0 unspecified atom stereocenters. The molecule has 0 aliphatic carbocycles. The minimum absolute atomic E-state index is 0.136. The lowest BCUT2D eigenvalue weighted by atomic mass is 9.81. The average Bonchev–Trinajstić information content (AvgIpc) is 3.59. The van der Waals surface area contributed by atoms with Crippen molar-refractivity contribution in [2.45, 2.75) is 24.2 Å². The van der Waals surface area contributed by atoms with E-state index in [0.717, 1.165) is 0 Å². The van der Waals surface area contributed by atoms with Gasteiger partial charge in [-0.3, -0.25) is 19.2 Å². The Morgan fingerprint density at radius 3 is 1.34 bits per heavy atom. The zero-order chi connectivity index (χ0) is 36.0. The highest BCUT2D eigenvalue weighted by atomic mass is 35.5. The summed E-state index contributed by atoms with van der Waals surface area (Å²) in [6.45, 7) is 0. The number of benzene rings is 4. The number of nitrogens with one attached hydrogen (secondary N) is 2. The van der Waals surface area contributed by atoms with Crippen LogP contribution in [0.1, 0.15) is 23.2 Å². The number of halogens is 6. The fourth-order valence-corrected chi connectivity index (χ4v) is 7.51. The quantitative estimate of drug-likeness (QED) is 0.140. The van der Waals surface area contributed by atoms with Gasteiger partial charge in [0.05, 0.1) is 38.1 Å². The van der Waals surface area contributed by atoms with Gasteiger partial charge in [0.25, 0.3) is 0 Å². The number of amides is 2. The third-order valence-electron chi connectivity index (χ3n) is 8.67. The highest BCUT2D eigenvalue weighted by molar-refractivity contribution is 6.42. The van der Waals surface area contributed by atoms with Gasteiger partial charge in [0, 0.05) is 21.4 Å². The second-order valence-electron chi connectivity index (χ2n) is 11.6. The molecule has 0 radical (unpaired) electrons. The fraction of sp³-hybridized carbons (Fsp3) is 0.176. The van der Waals surface area contributed by atoms with E-state index in [-0.39, 0.29) is 31.5 Å². The smallest absolute Gasteiger partial charge is 0.323 e. The number of fused-ring (bicyclic) bond motifs is 1. The molecule has 258 valence electrons. The number of carboxylic acid groups (broad SMARTS) is 2. The predicted octanol–water partition coefficient (Wildman–Crippen LogP) is 8.35. The summed E-state index contributed by atoms with van der Waals surface area (Å²) in [5.74, 6) is -7.33. The monoisotopic (exact) mass is 794 g/mol. The van der Waals surface area contributed by atoms with E-state index in [0.29, 0.717) is 21.2 Å². The number of anilines is 2. The molecule has 2 saturated heterocycles. The Bertz CT molecular complexity index is 2000. The van der Waals surface area contributed by atoms with Crippen LogP contribution < -0.4 is 10.6 Å². The Labute approximate surface area is 315 Å². The zero-order valence-electron chi connectivity index (χ0n) is 25.2. The Kier molecular flexibility index (Phi) is 10.6. The molecule has 2 amide bonds. The molecule has 2 heterocycles. The summed E-state index contributed by atoms with van der Waals surface area (Å²) in [6, 6.07) is 15.5. The second-order valence-corrected chi connectivity index (χ2v) is 14.1. The molecule has 2 fully saturated rings. The van der Waals surface area contributed by atoms with Crippen LogP contribution in [0.3, 0.4) is 0 Å². The van der Waals surface area contributed by atoms with Gasteiger partial charge in [-0.25, -0.2) is 10.0 Å². The average molecular weight is 797 g/mol. The molecule has 2 aliphatic rings.